The average molecular weight is 278 g/mol. The standard InChI is InChI=1S/C14H13BF2O3/c1-9-2-3-11(16)6-10(9)8-20-12-4-5-13(15(18)19)14(17)7-12/h2-7,18-19H,8H2,1H3. The Morgan fingerprint density at radius 3 is 2.50 bits per heavy atom. The Morgan fingerprint density at radius 2 is 1.85 bits per heavy atom. The van der Waals surface area contributed by atoms with Crippen molar-refractivity contribution in [2.75, 3.05) is 0 Å². The SMILES string of the molecule is Cc1ccc(F)cc1COc1ccc(B(O)O)c(F)c1. The van der Waals surface area contributed by atoms with E-state index >= 15 is 0 Å². The van der Waals surface area contributed by atoms with E-state index in [9.17, 15) is 8.78 Å². The quantitative estimate of drug-likeness (QED) is 0.834. The lowest BCUT2D eigenvalue weighted by Gasteiger charge is -2.10. The van der Waals surface area contributed by atoms with Gasteiger partial charge in [0.25, 0.3) is 0 Å². The zero-order valence-electron chi connectivity index (χ0n) is 10.8. The van der Waals surface area contributed by atoms with Gasteiger partial charge in [-0.15, -0.1) is 0 Å². The molecule has 3 nitrogen and oxygen atoms in total. The molecule has 0 aliphatic carbocycles. The molecule has 2 aromatic carbocycles. The Balaban J connectivity index is 2.11. The third-order valence-electron chi connectivity index (χ3n) is 2.96. The number of aryl methyl sites for hydroxylation is 1. The van der Waals surface area contributed by atoms with Gasteiger partial charge in [0, 0.05) is 11.5 Å². The minimum atomic E-state index is -1.87. The van der Waals surface area contributed by atoms with Crippen molar-refractivity contribution >= 4 is 12.6 Å². The van der Waals surface area contributed by atoms with Gasteiger partial charge in [0.2, 0.25) is 0 Å². The third-order valence-corrected chi connectivity index (χ3v) is 2.96. The van der Waals surface area contributed by atoms with Gasteiger partial charge in [0.1, 0.15) is 24.0 Å². The molecule has 6 heteroatoms. The maximum Gasteiger partial charge on any atom is 0.491 e. The van der Waals surface area contributed by atoms with Crippen LogP contribution in [0.4, 0.5) is 8.78 Å². The van der Waals surface area contributed by atoms with E-state index in [1.165, 1.54) is 24.3 Å². The summed E-state index contributed by atoms with van der Waals surface area (Å²) in [5.74, 6) is -0.900. The van der Waals surface area contributed by atoms with Gasteiger partial charge in [-0.25, -0.2) is 8.78 Å². The lowest BCUT2D eigenvalue weighted by atomic mass is 9.80. The van der Waals surface area contributed by atoms with Gasteiger partial charge in [-0.2, -0.15) is 0 Å². The molecule has 0 atom stereocenters. The summed E-state index contributed by atoms with van der Waals surface area (Å²) >= 11 is 0. The fourth-order valence-electron chi connectivity index (χ4n) is 1.76. The first-order chi connectivity index (χ1) is 9.47. The van der Waals surface area contributed by atoms with Crippen molar-refractivity contribution in [3.8, 4) is 5.75 Å². The van der Waals surface area contributed by atoms with E-state index in [1.807, 2.05) is 6.92 Å². The predicted molar refractivity (Wildman–Crippen MR) is 71.7 cm³/mol. The third kappa shape index (κ3) is 3.34. The molecule has 2 rings (SSSR count). The molecule has 0 unspecified atom stereocenters. The fourth-order valence-corrected chi connectivity index (χ4v) is 1.76. The number of hydrogen-bond acceptors (Lipinski definition) is 3. The second-order valence-corrected chi connectivity index (χ2v) is 4.42. The predicted octanol–water partition coefficient (Wildman–Crippen LogP) is 1.53. The lowest BCUT2D eigenvalue weighted by molar-refractivity contribution is 0.303. The van der Waals surface area contributed by atoms with E-state index in [4.69, 9.17) is 14.8 Å². The molecule has 104 valence electrons. The van der Waals surface area contributed by atoms with Crippen molar-refractivity contribution in [1.82, 2.24) is 0 Å². The topological polar surface area (TPSA) is 49.7 Å². The number of hydrogen-bond donors (Lipinski definition) is 2. The Morgan fingerprint density at radius 1 is 1.10 bits per heavy atom. The van der Waals surface area contributed by atoms with Crippen molar-refractivity contribution in [2.24, 2.45) is 0 Å². The summed E-state index contributed by atoms with van der Waals surface area (Å²) in [5.41, 5.74) is 1.31. The van der Waals surface area contributed by atoms with Crippen molar-refractivity contribution in [3.05, 3.63) is 59.2 Å². The van der Waals surface area contributed by atoms with Gasteiger partial charge < -0.3 is 14.8 Å². The highest BCUT2D eigenvalue weighted by atomic mass is 19.1. The van der Waals surface area contributed by atoms with Crippen LogP contribution in [-0.4, -0.2) is 17.2 Å². The molecule has 0 aliphatic heterocycles. The van der Waals surface area contributed by atoms with E-state index in [-0.39, 0.29) is 23.6 Å². The van der Waals surface area contributed by atoms with E-state index < -0.39 is 12.9 Å². The van der Waals surface area contributed by atoms with Crippen molar-refractivity contribution in [3.63, 3.8) is 0 Å². The van der Waals surface area contributed by atoms with E-state index in [0.717, 1.165) is 11.6 Å². The van der Waals surface area contributed by atoms with Gasteiger partial charge in [-0.3, -0.25) is 0 Å². The minimum absolute atomic E-state index is 0.101. The normalized spacial score (nSPS) is 10.4. The van der Waals surface area contributed by atoms with Crippen LogP contribution in [0.5, 0.6) is 5.75 Å². The zero-order chi connectivity index (χ0) is 14.7. The molecule has 0 spiro atoms. The van der Waals surface area contributed by atoms with Crippen LogP contribution >= 0.6 is 0 Å². The first-order valence-electron chi connectivity index (χ1n) is 6.01. The van der Waals surface area contributed by atoms with Gasteiger partial charge in [-0.05, 0) is 36.2 Å². The molecule has 0 saturated carbocycles. The van der Waals surface area contributed by atoms with Gasteiger partial charge in [0.05, 0.1) is 0 Å². The summed E-state index contributed by atoms with van der Waals surface area (Å²) in [5, 5.41) is 17.8. The first kappa shape index (κ1) is 14.5. The highest BCUT2D eigenvalue weighted by molar-refractivity contribution is 6.58. The second-order valence-electron chi connectivity index (χ2n) is 4.42. The smallest absolute Gasteiger partial charge is 0.489 e. The van der Waals surface area contributed by atoms with Gasteiger partial charge in [-0.1, -0.05) is 12.1 Å². The highest BCUT2D eigenvalue weighted by Crippen LogP contribution is 2.16. The van der Waals surface area contributed by atoms with Crippen LogP contribution in [0.2, 0.25) is 0 Å². The monoisotopic (exact) mass is 278 g/mol. The number of rotatable bonds is 4. The van der Waals surface area contributed by atoms with Crippen LogP contribution in [0, 0.1) is 18.6 Å². The molecule has 20 heavy (non-hydrogen) atoms. The largest absolute Gasteiger partial charge is 0.491 e. The molecule has 0 bridgehead atoms. The molecule has 0 heterocycles. The molecule has 0 fully saturated rings. The Hall–Kier alpha value is -1.92. The summed E-state index contributed by atoms with van der Waals surface area (Å²) in [6, 6.07) is 8.07. The van der Waals surface area contributed by atoms with E-state index in [2.05, 4.69) is 0 Å². The van der Waals surface area contributed by atoms with Crippen LogP contribution in [0.1, 0.15) is 11.1 Å². The molecule has 2 aromatic rings. The van der Waals surface area contributed by atoms with Crippen molar-refractivity contribution in [1.29, 1.82) is 0 Å². The second kappa shape index (κ2) is 6.03. The average Bonchev–Trinajstić information content (AvgIpc) is 2.39. The summed E-state index contributed by atoms with van der Waals surface area (Å²) in [7, 11) is -1.87. The number of benzene rings is 2. The molecule has 0 amide bonds. The molecule has 0 radical (unpaired) electrons. The molecule has 0 aliphatic rings. The Labute approximate surface area is 115 Å². The first-order valence-corrected chi connectivity index (χ1v) is 6.01. The van der Waals surface area contributed by atoms with Crippen molar-refractivity contribution in [2.45, 2.75) is 13.5 Å². The van der Waals surface area contributed by atoms with Gasteiger partial charge in [0.15, 0.2) is 0 Å². The number of ether oxygens (including phenoxy) is 1. The molecule has 0 aromatic heterocycles. The van der Waals surface area contributed by atoms with Crippen LogP contribution in [0.25, 0.3) is 0 Å². The van der Waals surface area contributed by atoms with E-state index in [1.54, 1.807) is 6.07 Å². The molecular formula is C14H13BF2O3. The zero-order valence-corrected chi connectivity index (χ0v) is 10.8. The Bertz CT molecular complexity index is 617. The Kier molecular flexibility index (Phi) is 4.37. The summed E-state index contributed by atoms with van der Waals surface area (Å²) < 4.78 is 32.0. The molecule has 0 saturated heterocycles. The van der Waals surface area contributed by atoms with Crippen molar-refractivity contribution < 1.29 is 23.6 Å². The maximum atomic E-state index is 13.5. The molecule has 2 N–H and O–H groups in total. The number of halogens is 2. The minimum Gasteiger partial charge on any atom is -0.489 e. The fraction of sp³-hybridized carbons (Fsp3) is 0.143. The van der Waals surface area contributed by atoms with Crippen LogP contribution in [-0.2, 0) is 6.61 Å². The van der Waals surface area contributed by atoms with Gasteiger partial charge >= 0.3 is 7.12 Å². The highest BCUT2D eigenvalue weighted by Gasteiger charge is 2.16. The summed E-state index contributed by atoms with van der Waals surface area (Å²) in [4.78, 5) is 0. The van der Waals surface area contributed by atoms with Crippen LogP contribution < -0.4 is 10.2 Å². The lowest BCUT2D eigenvalue weighted by Crippen LogP contribution is -2.32. The molecular weight excluding hydrogens is 265 g/mol. The van der Waals surface area contributed by atoms with E-state index in [0.29, 0.717) is 5.56 Å². The van der Waals surface area contributed by atoms with Crippen LogP contribution in [0.3, 0.4) is 0 Å². The van der Waals surface area contributed by atoms with Crippen LogP contribution in [0.15, 0.2) is 36.4 Å². The summed E-state index contributed by atoms with van der Waals surface area (Å²) in [6.07, 6.45) is 0. The maximum absolute atomic E-state index is 13.5. The summed E-state index contributed by atoms with van der Waals surface area (Å²) in [6.45, 7) is 1.92.